The molecule has 1 fully saturated rings. The van der Waals surface area contributed by atoms with Gasteiger partial charge in [-0.1, -0.05) is 6.92 Å². The zero-order chi connectivity index (χ0) is 15.8. The van der Waals surface area contributed by atoms with Gasteiger partial charge in [-0.15, -0.1) is 34.2 Å². The lowest BCUT2D eigenvalue weighted by Crippen LogP contribution is -2.41. The fraction of sp³-hybridized carbons (Fsp3) is 0.800. The predicted octanol–water partition coefficient (Wildman–Crippen LogP) is 1.39. The van der Waals surface area contributed by atoms with E-state index in [1.807, 2.05) is 7.05 Å². The van der Waals surface area contributed by atoms with Crippen LogP contribution in [0.3, 0.4) is 0 Å². The molecule has 1 aromatic heterocycles. The summed E-state index contributed by atoms with van der Waals surface area (Å²) in [7, 11) is 3.84. The smallest absolute Gasteiger partial charge is 0.193 e. The van der Waals surface area contributed by atoms with Crippen LogP contribution in [0.5, 0.6) is 0 Å². The molecule has 0 aromatic carbocycles. The fourth-order valence-corrected chi connectivity index (χ4v) is 2.25. The third-order valence-corrected chi connectivity index (χ3v) is 3.84. The summed E-state index contributed by atoms with van der Waals surface area (Å²) >= 11 is 0. The van der Waals surface area contributed by atoms with Gasteiger partial charge in [0, 0.05) is 46.8 Å². The van der Waals surface area contributed by atoms with Crippen molar-refractivity contribution in [2.45, 2.75) is 32.7 Å². The van der Waals surface area contributed by atoms with Gasteiger partial charge in [0.05, 0.1) is 6.61 Å². The summed E-state index contributed by atoms with van der Waals surface area (Å²) in [5, 5.41) is 11.4. The van der Waals surface area contributed by atoms with Crippen molar-refractivity contribution in [2.75, 3.05) is 40.4 Å². The summed E-state index contributed by atoms with van der Waals surface area (Å²) in [5.74, 6) is 2.72. The lowest BCUT2D eigenvalue weighted by Gasteiger charge is -2.22. The van der Waals surface area contributed by atoms with Crippen molar-refractivity contribution in [1.82, 2.24) is 25.0 Å². The fourth-order valence-electron chi connectivity index (χ4n) is 2.25. The molecule has 132 valence electrons. The van der Waals surface area contributed by atoms with Crippen molar-refractivity contribution in [3.8, 4) is 0 Å². The second kappa shape index (κ2) is 10.8. The maximum Gasteiger partial charge on any atom is 0.193 e. The van der Waals surface area contributed by atoms with E-state index in [1.165, 1.54) is 12.8 Å². The number of rotatable bonds is 9. The number of ether oxygens (including phenoxy) is 1. The van der Waals surface area contributed by atoms with Crippen LogP contribution in [0.1, 0.15) is 25.6 Å². The number of nitrogens with one attached hydrogen (secondary N) is 1. The highest BCUT2D eigenvalue weighted by Gasteiger charge is 2.21. The predicted molar refractivity (Wildman–Crippen MR) is 102 cm³/mol. The molecule has 23 heavy (non-hydrogen) atoms. The summed E-state index contributed by atoms with van der Waals surface area (Å²) < 4.78 is 7.74. The number of aliphatic imine (C=N–C) groups is 1. The van der Waals surface area contributed by atoms with Crippen molar-refractivity contribution in [1.29, 1.82) is 0 Å². The average molecular weight is 436 g/mol. The zero-order valence-electron chi connectivity index (χ0n) is 14.4. The van der Waals surface area contributed by atoms with Gasteiger partial charge in [0.25, 0.3) is 0 Å². The first-order valence-corrected chi connectivity index (χ1v) is 8.10. The van der Waals surface area contributed by atoms with Gasteiger partial charge in [0.2, 0.25) is 0 Å². The number of hydrogen-bond donors (Lipinski definition) is 1. The van der Waals surface area contributed by atoms with E-state index in [0.29, 0.717) is 0 Å². The number of guanidine groups is 1. The first-order chi connectivity index (χ1) is 10.7. The van der Waals surface area contributed by atoms with Crippen molar-refractivity contribution < 1.29 is 4.74 Å². The van der Waals surface area contributed by atoms with E-state index in [2.05, 4.69) is 36.9 Å². The van der Waals surface area contributed by atoms with Crippen molar-refractivity contribution in [3.63, 3.8) is 0 Å². The highest BCUT2D eigenvalue weighted by Crippen LogP contribution is 2.28. The summed E-state index contributed by atoms with van der Waals surface area (Å²) in [5.41, 5.74) is 0. The number of hydrogen-bond acceptors (Lipinski definition) is 4. The summed E-state index contributed by atoms with van der Waals surface area (Å²) in [4.78, 5) is 6.41. The van der Waals surface area contributed by atoms with E-state index in [-0.39, 0.29) is 24.0 Å². The van der Waals surface area contributed by atoms with Gasteiger partial charge in [0.15, 0.2) is 5.96 Å². The van der Waals surface area contributed by atoms with E-state index in [1.54, 1.807) is 13.4 Å². The first kappa shape index (κ1) is 20.1. The van der Waals surface area contributed by atoms with Crippen molar-refractivity contribution in [2.24, 2.45) is 10.9 Å². The molecule has 0 atom stereocenters. The van der Waals surface area contributed by atoms with Crippen LogP contribution in [0.15, 0.2) is 11.3 Å². The standard InChI is InChI=1S/C15H28N6O.HI/c1-4-14-19-18-12-21(14)8-7-17-15(16-2)20(3)9-10-22-11-13-5-6-13;/h12-13H,4-11H2,1-3H3,(H,16,17);1H. The SMILES string of the molecule is CCc1nncn1CCNC(=NC)N(C)CCOCC1CC1.I. The lowest BCUT2D eigenvalue weighted by molar-refractivity contribution is 0.115. The van der Waals surface area contributed by atoms with Gasteiger partial charge >= 0.3 is 0 Å². The summed E-state index contributed by atoms with van der Waals surface area (Å²) in [6.07, 6.45) is 5.34. The largest absolute Gasteiger partial charge is 0.379 e. The Bertz CT molecular complexity index is 474. The number of likely N-dealkylation sites (N-methyl/N-ethyl adjacent to an activating group) is 1. The van der Waals surface area contributed by atoms with E-state index in [9.17, 15) is 0 Å². The molecule has 8 heteroatoms. The molecule has 7 nitrogen and oxygen atoms in total. The molecule has 1 aliphatic rings. The van der Waals surface area contributed by atoms with E-state index in [4.69, 9.17) is 4.74 Å². The van der Waals surface area contributed by atoms with E-state index >= 15 is 0 Å². The Morgan fingerprint density at radius 3 is 2.96 bits per heavy atom. The number of aryl methyl sites for hydroxylation is 1. The average Bonchev–Trinajstić information content (AvgIpc) is 3.24. The molecule has 0 bridgehead atoms. The van der Waals surface area contributed by atoms with Crippen LogP contribution in [0.25, 0.3) is 0 Å². The van der Waals surface area contributed by atoms with Gasteiger partial charge in [-0.25, -0.2) is 0 Å². The third-order valence-electron chi connectivity index (χ3n) is 3.84. The van der Waals surface area contributed by atoms with Gasteiger partial charge in [-0.3, -0.25) is 4.99 Å². The van der Waals surface area contributed by atoms with E-state index < -0.39 is 0 Å². The highest BCUT2D eigenvalue weighted by molar-refractivity contribution is 14.0. The molecule has 2 rings (SSSR count). The van der Waals surface area contributed by atoms with Crippen LogP contribution in [0.4, 0.5) is 0 Å². The molecule has 1 heterocycles. The van der Waals surface area contributed by atoms with Crippen LogP contribution >= 0.6 is 24.0 Å². The molecule has 0 aliphatic heterocycles. The van der Waals surface area contributed by atoms with Crippen molar-refractivity contribution >= 4 is 29.9 Å². The highest BCUT2D eigenvalue weighted by atomic mass is 127. The van der Waals surface area contributed by atoms with E-state index in [0.717, 1.165) is 57.0 Å². The zero-order valence-corrected chi connectivity index (χ0v) is 16.7. The Morgan fingerprint density at radius 2 is 2.30 bits per heavy atom. The van der Waals surface area contributed by atoms with Gasteiger partial charge in [-0.05, 0) is 18.8 Å². The molecule has 0 saturated heterocycles. The minimum Gasteiger partial charge on any atom is -0.379 e. The Morgan fingerprint density at radius 1 is 1.52 bits per heavy atom. The minimum absolute atomic E-state index is 0. The Labute approximate surface area is 155 Å². The topological polar surface area (TPSA) is 67.6 Å². The van der Waals surface area contributed by atoms with Crippen LogP contribution < -0.4 is 5.32 Å². The molecule has 0 spiro atoms. The summed E-state index contributed by atoms with van der Waals surface area (Å²) in [6, 6.07) is 0. The van der Waals surface area contributed by atoms with Crippen LogP contribution in [0, 0.1) is 5.92 Å². The molecule has 0 unspecified atom stereocenters. The maximum atomic E-state index is 5.67. The maximum absolute atomic E-state index is 5.67. The van der Waals surface area contributed by atoms with Crippen LogP contribution in [-0.4, -0.2) is 66.0 Å². The van der Waals surface area contributed by atoms with Gasteiger partial charge in [-0.2, -0.15) is 0 Å². The molecular weight excluding hydrogens is 407 g/mol. The number of halogens is 1. The molecule has 1 N–H and O–H groups in total. The second-order valence-corrected chi connectivity index (χ2v) is 5.71. The Hall–Kier alpha value is -0.900. The normalized spacial score (nSPS) is 14.5. The monoisotopic (exact) mass is 436 g/mol. The van der Waals surface area contributed by atoms with Crippen LogP contribution in [-0.2, 0) is 17.7 Å². The molecule has 0 radical (unpaired) electrons. The number of aromatic nitrogens is 3. The van der Waals surface area contributed by atoms with Crippen molar-refractivity contribution in [3.05, 3.63) is 12.2 Å². The Balaban J connectivity index is 0.00000264. The molecule has 0 amide bonds. The van der Waals surface area contributed by atoms with Crippen LogP contribution in [0.2, 0.25) is 0 Å². The quantitative estimate of drug-likeness (QED) is 0.274. The first-order valence-electron chi connectivity index (χ1n) is 8.10. The molecular formula is C15H29IN6O. The third kappa shape index (κ3) is 7.03. The van der Waals surface area contributed by atoms with Gasteiger partial charge < -0.3 is 19.5 Å². The number of nitrogens with zero attached hydrogens (tertiary/aromatic N) is 5. The lowest BCUT2D eigenvalue weighted by atomic mass is 10.4. The molecule has 1 aromatic rings. The Kier molecular flexibility index (Phi) is 9.46. The minimum atomic E-state index is 0. The van der Waals surface area contributed by atoms with Gasteiger partial charge in [0.1, 0.15) is 12.2 Å². The molecule has 1 aliphatic carbocycles. The second-order valence-electron chi connectivity index (χ2n) is 5.71. The molecule has 1 saturated carbocycles. The summed E-state index contributed by atoms with van der Waals surface area (Å²) in [6.45, 7) is 6.22.